The minimum Gasteiger partial charge on any atom is -0.393 e. The Balaban J connectivity index is 1.71. The Morgan fingerprint density at radius 3 is 2.52 bits per heavy atom. The van der Waals surface area contributed by atoms with Crippen LogP contribution in [0.3, 0.4) is 0 Å². The van der Waals surface area contributed by atoms with Crippen molar-refractivity contribution in [3.8, 4) is 0 Å². The molecule has 132 valence electrons. The summed E-state index contributed by atoms with van der Waals surface area (Å²) < 4.78 is 5.49. The van der Waals surface area contributed by atoms with Gasteiger partial charge in [0.1, 0.15) is 0 Å². The van der Waals surface area contributed by atoms with Crippen molar-refractivity contribution < 1.29 is 19.7 Å². The van der Waals surface area contributed by atoms with Crippen LogP contribution in [0.2, 0.25) is 0 Å². The van der Waals surface area contributed by atoms with Crippen molar-refractivity contribution in [1.29, 1.82) is 0 Å². The Kier molecular flexibility index (Phi) is 4.97. The van der Waals surface area contributed by atoms with Crippen LogP contribution in [0.4, 0.5) is 0 Å². The minimum atomic E-state index is -0.844. The van der Waals surface area contributed by atoms with Gasteiger partial charge in [-0.1, -0.05) is 6.92 Å². The molecule has 0 radical (unpaired) electrons. The summed E-state index contributed by atoms with van der Waals surface area (Å²) in [4.78, 5) is 14.9. The number of carbonyl (C=O) groups excluding carboxylic acids is 1. The molecule has 1 aliphatic heterocycles. The molecule has 2 saturated carbocycles. The average molecular weight is 326 g/mol. The maximum absolute atomic E-state index is 13.0. The van der Waals surface area contributed by atoms with E-state index in [1.807, 2.05) is 11.8 Å². The molecular weight excluding hydrogens is 296 g/mol. The number of hydrogen-bond donors (Lipinski definition) is 3. The van der Waals surface area contributed by atoms with Crippen molar-refractivity contribution >= 4 is 5.91 Å². The monoisotopic (exact) mass is 326 g/mol. The molecule has 0 spiro atoms. The standard InChI is InChI=1S/C17H30N2O4/c1-9-13(20)6-14(21)15(16(9)23-2)17(22)19-7-10-3-4-12(18)5-11(10)8-19/h9-16,20-21H,3-8,18H2,1-2H3. The number of methoxy groups -OCH3 is 1. The largest absolute Gasteiger partial charge is 0.393 e. The van der Waals surface area contributed by atoms with E-state index >= 15 is 0 Å². The van der Waals surface area contributed by atoms with E-state index in [1.165, 1.54) is 0 Å². The van der Waals surface area contributed by atoms with E-state index < -0.39 is 24.2 Å². The first-order valence-corrected chi connectivity index (χ1v) is 8.85. The third kappa shape index (κ3) is 3.14. The van der Waals surface area contributed by atoms with Crippen LogP contribution >= 0.6 is 0 Å². The van der Waals surface area contributed by atoms with Gasteiger partial charge in [-0.05, 0) is 31.1 Å². The van der Waals surface area contributed by atoms with Crippen LogP contribution < -0.4 is 5.73 Å². The quantitative estimate of drug-likeness (QED) is 0.662. The van der Waals surface area contributed by atoms with Crippen molar-refractivity contribution in [2.24, 2.45) is 29.4 Å². The van der Waals surface area contributed by atoms with E-state index in [4.69, 9.17) is 10.5 Å². The third-order valence-corrected chi connectivity index (χ3v) is 6.34. The number of likely N-dealkylation sites (tertiary alicyclic amines) is 1. The molecule has 2 aliphatic carbocycles. The fourth-order valence-corrected chi connectivity index (χ4v) is 4.90. The number of fused-ring (bicyclic) bond motifs is 1. The Labute approximate surface area is 138 Å². The summed E-state index contributed by atoms with van der Waals surface area (Å²) >= 11 is 0. The zero-order chi connectivity index (χ0) is 16.7. The number of hydrogen-bond acceptors (Lipinski definition) is 5. The lowest BCUT2D eigenvalue weighted by atomic mass is 9.75. The number of ether oxygens (including phenoxy) is 1. The Hall–Kier alpha value is -0.690. The van der Waals surface area contributed by atoms with Gasteiger partial charge in [-0.3, -0.25) is 4.79 Å². The fraction of sp³-hybridized carbons (Fsp3) is 0.941. The van der Waals surface area contributed by atoms with Gasteiger partial charge in [0.25, 0.3) is 0 Å². The first-order chi connectivity index (χ1) is 10.9. The van der Waals surface area contributed by atoms with Crippen molar-refractivity contribution in [3.63, 3.8) is 0 Å². The molecule has 0 aromatic rings. The number of carbonyl (C=O) groups is 1. The lowest BCUT2D eigenvalue weighted by molar-refractivity contribution is -0.162. The van der Waals surface area contributed by atoms with Gasteiger partial charge in [0, 0.05) is 38.6 Å². The molecular formula is C17H30N2O4. The zero-order valence-corrected chi connectivity index (χ0v) is 14.1. The highest BCUT2D eigenvalue weighted by molar-refractivity contribution is 5.80. The van der Waals surface area contributed by atoms with Crippen LogP contribution in [-0.2, 0) is 9.53 Å². The molecule has 8 unspecified atom stereocenters. The zero-order valence-electron chi connectivity index (χ0n) is 14.1. The van der Waals surface area contributed by atoms with E-state index in [-0.39, 0.29) is 24.3 Å². The molecule has 6 heteroatoms. The summed E-state index contributed by atoms with van der Waals surface area (Å²) in [6, 6.07) is 0.258. The van der Waals surface area contributed by atoms with Crippen LogP contribution in [0, 0.1) is 23.7 Å². The van der Waals surface area contributed by atoms with Crippen molar-refractivity contribution in [3.05, 3.63) is 0 Å². The van der Waals surface area contributed by atoms with Crippen molar-refractivity contribution in [2.75, 3.05) is 20.2 Å². The van der Waals surface area contributed by atoms with Gasteiger partial charge in [-0.25, -0.2) is 0 Å². The molecule has 6 nitrogen and oxygen atoms in total. The minimum absolute atomic E-state index is 0.0222. The summed E-state index contributed by atoms with van der Waals surface area (Å²) in [5.41, 5.74) is 6.06. The van der Waals surface area contributed by atoms with Crippen LogP contribution in [0.15, 0.2) is 0 Å². The normalized spacial score (nSPS) is 47.4. The van der Waals surface area contributed by atoms with Gasteiger partial charge >= 0.3 is 0 Å². The Morgan fingerprint density at radius 1 is 1.13 bits per heavy atom. The molecule has 4 N–H and O–H groups in total. The van der Waals surface area contributed by atoms with Gasteiger partial charge in [0.2, 0.25) is 5.91 Å². The summed E-state index contributed by atoms with van der Waals surface area (Å²) in [6.07, 6.45) is 1.45. The van der Waals surface area contributed by atoms with Crippen LogP contribution in [0.5, 0.6) is 0 Å². The van der Waals surface area contributed by atoms with E-state index in [2.05, 4.69) is 0 Å². The summed E-state index contributed by atoms with van der Waals surface area (Å²) in [5.74, 6) is 0.282. The van der Waals surface area contributed by atoms with Crippen LogP contribution in [0.25, 0.3) is 0 Å². The smallest absolute Gasteiger partial charge is 0.230 e. The summed E-state index contributed by atoms with van der Waals surface area (Å²) in [5, 5.41) is 20.4. The first-order valence-electron chi connectivity index (χ1n) is 8.85. The molecule has 3 fully saturated rings. The molecule has 3 rings (SSSR count). The van der Waals surface area contributed by atoms with Gasteiger partial charge in [0.05, 0.1) is 24.2 Å². The molecule has 23 heavy (non-hydrogen) atoms. The fourth-order valence-electron chi connectivity index (χ4n) is 4.90. The molecule has 3 aliphatic rings. The molecule has 0 aromatic heterocycles. The third-order valence-electron chi connectivity index (χ3n) is 6.34. The van der Waals surface area contributed by atoms with Gasteiger partial charge in [-0.2, -0.15) is 0 Å². The average Bonchev–Trinajstić information content (AvgIpc) is 2.93. The summed E-state index contributed by atoms with van der Waals surface area (Å²) in [6.45, 7) is 3.40. The van der Waals surface area contributed by atoms with Crippen molar-refractivity contribution in [2.45, 2.75) is 57.0 Å². The second-order valence-corrected chi connectivity index (χ2v) is 7.79. The number of nitrogens with two attached hydrogens (primary N) is 1. The van der Waals surface area contributed by atoms with Crippen LogP contribution in [-0.4, -0.2) is 65.6 Å². The lowest BCUT2D eigenvalue weighted by Crippen LogP contribution is -2.55. The summed E-state index contributed by atoms with van der Waals surface area (Å²) in [7, 11) is 1.55. The molecule has 8 atom stereocenters. The number of nitrogens with zero attached hydrogens (tertiary/aromatic N) is 1. The number of aliphatic hydroxyl groups is 2. The molecule has 0 bridgehead atoms. The van der Waals surface area contributed by atoms with Gasteiger partial charge < -0.3 is 25.6 Å². The van der Waals surface area contributed by atoms with E-state index in [0.29, 0.717) is 11.8 Å². The SMILES string of the molecule is COC1C(C)C(O)CC(O)C1C(=O)N1CC2CCC(N)CC2C1. The van der Waals surface area contributed by atoms with E-state index in [1.54, 1.807) is 7.11 Å². The highest BCUT2D eigenvalue weighted by Crippen LogP contribution is 2.39. The lowest BCUT2D eigenvalue weighted by Gasteiger charge is -2.42. The molecule has 0 aromatic carbocycles. The Morgan fingerprint density at radius 2 is 1.83 bits per heavy atom. The molecule has 1 heterocycles. The number of amides is 1. The maximum Gasteiger partial charge on any atom is 0.230 e. The predicted molar refractivity (Wildman–Crippen MR) is 85.5 cm³/mol. The highest BCUT2D eigenvalue weighted by atomic mass is 16.5. The number of aliphatic hydroxyl groups excluding tert-OH is 2. The first kappa shape index (κ1) is 17.1. The second kappa shape index (κ2) is 6.67. The highest BCUT2D eigenvalue weighted by Gasteiger charge is 2.49. The molecule has 1 amide bonds. The van der Waals surface area contributed by atoms with E-state index in [0.717, 1.165) is 32.4 Å². The maximum atomic E-state index is 13.0. The van der Waals surface area contributed by atoms with E-state index in [9.17, 15) is 15.0 Å². The predicted octanol–water partition coefficient (Wildman–Crippen LogP) is -0.0350. The van der Waals surface area contributed by atoms with Crippen LogP contribution in [0.1, 0.15) is 32.6 Å². The van der Waals surface area contributed by atoms with Gasteiger partial charge in [0.15, 0.2) is 0 Å². The number of rotatable bonds is 2. The van der Waals surface area contributed by atoms with Gasteiger partial charge in [-0.15, -0.1) is 0 Å². The molecule has 1 saturated heterocycles. The second-order valence-electron chi connectivity index (χ2n) is 7.79. The van der Waals surface area contributed by atoms with Crippen molar-refractivity contribution in [1.82, 2.24) is 4.90 Å². The Bertz CT molecular complexity index is 446. The topological polar surface area (TPSA) is 96.0 Å².